The molecule has 0 amide bonds. The van der Waals surface area contributed by atoms with Gasteiger partial charge in [-0.1, -0.05) is 30.2 Å². The Kier molecular flexibility index (Phi) is 4.95. The highest BCUT2D eigenvalue weighted by Gasteiger charge is 2.59. The molecule has 2 atom stereocenters. The molecule has 0 radical (unpaired) electrons. The van der Waals surface area contributed by atoms with Gasteiger partial charge in [0.2, 0.25) is 5.79 Å². The molecule has 3 heterocycles. The topological polar surface area (TPSA) is 71.8 Å². The van der Waals surface area contributed by atoms with Crippen molar-refractivity contribution in [3.63, 3.8) is 0 Å². The molecule has 5 nitrogen and oxygen atoms in total. The summed E-state index contributed by atoms with van der Waals surface area (Å²) >= 11 is 6.71. The van der Waals surface area contributed by atoms with Crippen LogP contribution in [0.15, 0.2) is 24.3 Å². The second-order valence-electron chi connectivity index (χ2n) is 10.2. The van der Waals surface area contributed by atoms with E-state index in [1.807, 2.05) is 0 Å². The van der Waals surface area contributed by atoms with E-state index in [9.17, 15) is 23.4 Å². The Hall–Kier alpha value is -1.71. The normalized spacial score (nSPS) is 29.1. The van der Waals surface area contributed by atoms with Crippen LogP contribution in [-0.4, -0.2) is 28.4 Å². The minimum Gasteiger partial charge on any atom is -0.388 e. The van der Waals surface area contributed by atoms with Gasteiger partial charge >= 0.3 is 6.18 Å². The second kappa shape index (κ2) is 7.40. The molecule has 2 spiro atoms. The SMILES string of the molecule is OC1CC2(CCC2)Cc2nc(Cl)c3c(c21)C1(CCOCC1)OC3(O)c1ccc(C(F)(F)F)cc1. The summed E-state index contributed by atoms with van der Waals surface area (Å²) in [4.78, 5) is 4.62. The number of aliphatic hydroxyl groups excluding tert-OH is 1. The minimum absolute atomic E-state index is 0.0308. The lowest BCUT2D eigenvalue weighted by atomic mass is 9.59. The van der Waals surface area contributed by atoms with Crippen molar-refractivity contribution in [2.75, 3.05) is 13.2 Å². The third kappa shape index (κ3) is 3.19. The zero-order chi connectivity index (χ0) is 23.9. The molecule has 2 N–H and O–H groups in total. The zero-order valence-corrected chi connectivity index (χ0v) is 19.2. The highest BCUT2D eigenvalue weighted by atomic mass is 35.5. The Bertz CT molecular complexity index is 1140. The molecule has 6 rings (SSSR count). The van der Waals surface area contributed by atoms with E-state index in [1.165, 1.54) is 12.1 Å². The average Bonchev–Trinajstić information content (AvgIpc) is 3.02. The molecular formula is C25H25ClF3NO4. The lowest BCUT2D eigenvalue weighted by molar-refractivity contribution is -0.251. The monoisotopic (exact) mass is 495 g/mol. The first-order valence-corrected chi connectivity index (χ1v) is 12.0. The maximum atomic E-state index is 13.1. The number of nitrogens with zero attached hydrogens (tertiary/aromatic N) is 1. The minimum atomic E-state index is -4.50. The van der Waals surface area contributed by atoms with E-state index in [4.69, 9.17) is 21.1 Å². The average molecular weight is 496 g/mol. The molecule has 2 aliphatic heterocycles. The summed E-state index contributed by atoms with van der Waals surface area (Å²) in [6.07, 6.45) is 0.0760. The van der Waals surface area contributed by atoms with Crippen molar-refractivity contribution in [2.45, 2.75) is 68.6 Å². The molecule has 2 fully saturated rings. The molecule has 2 unspecified atom stereocenters. The summed E-state index contributed by atoms with van der Waals surface area (Å²) in [5, 5.41) is 23.3. The number of aromatic nitrogens is 1. The fraction of sp³-hybridized carbons (Fsp3) is 0.560. The molecule has 4 aliphatic rings. The molecule has 1 saturated heterocycles. The van der Waals surface area contributed by atoms with Crippen LogP contribution in [0.2, 0.25) is 5.15 Å². The highest BCUT2D eigenvalue weighted by Crippen LogP contribution is 2.61. The Morgan fingerprint density at radius 2 is 1.71 bits per heavy atom. The molecule has 0 bridgehead atoms. The summed E-state index contributed by atoms with van der Waals surface area (Å²) in [5.74, 6) is -2.10. The van der Waals surface area contributed by atoms with Crippen molar-refractivity contribution >= 4 is 11.6 Å². The van der Waals surface area contributed by atoms with Gasteiger partial charge in [-0.05, 0) is 43.2 Å². The first-order valence-electron chi connectivity index (χ1n) is 11.7. The lowest BCUT2D eigenvalue weighted by Crippen LogP contribution is -2.41. The van der Waals surface area contributed by atoms with E-state index in [0.717, 1.165) is 37.1 Å². The van der Waals surface area contributed by atoms with Crippen molar-refractivity contribution in [3.05, 3.63) is 62.9 Å². The standard InChI is InChI=1S/C25H25ClF3NO4/c26-21-20-19(18-16(30-21)12-22(6-1-7-22)13-17(18)31)23(8-10-33-11-9-23)34-24(20,32)14-2-4-15(5-3-14)25(27,28)29/h2-5,17,31-32H,1,6-13H2. The Labute approximate surface area is 199 Å². The molecule has 2 aliphatic carbocycles. The summed E-state index contributed by atoms with van der Waals surface area (Å²) < 4.78 is 51.4. The number of rotatable bonds is 1. The third-order valence-electron chi connectivity index (χ3n) is 8.23. The van der Waals surface area contributed by atoms with Gasteiger partial charge in [-0.3, -0.25) is 0 Å². The predicted octanol–water partition coefficient (Wildman–Crippen LogP) is 5.13. The zero-order valence-electron chi connectivity index (χ0n) is 18.4. The Morgan fingerprint density at radius 3 is 2.29 bits per heavy atom. The molecule has 2 aromatic rings. The third-order valence-corrected chi connectivity index (χ3v) is 8.50. The summed E-state index contributed by atoms with van der Waals surface area (Å²) in [5.41, 5.74) is 0.600. The van der Waals surface area contributed by atoms with Crippen molar-refractivity contribution in [1.29, 1.82) is 0 Å². The molecule has 182 valence electrons. The smallest absolute Gasteiger partial charge is 0.388 e. The summed E-state index contributed by atoms with van der Waals surface area (Å²) in [6.45, 7) is 0.772. The molecule has 1 saturated carbocycles. The van der Waals surface area contributed by atoms with Gasteiger partial charge in [0.1, 0.15) is 10.8 Å². The Balaban J connectivity index is 1.55. The van der Waals surface area contributed by atoms with E-state index >= 15 is 0 Å². The van der Waals surface area contributed by atoms with Crippen LogP contribution in [0.25, 0.3) is 0 Å². The lowest BCUT2D eigenvalue weighted by Gasteiger charge is -2.48. The van der Waals surface area contributed by atoms with Crippen LogP contribution in [-0.2, 0) is 33.5 Å². The quantitative estimate of drug-likeness (QED) is 0.536. The number of benzene rings is 1. The summed E-state index contributed by atoms with van der Waals surface area (Å²) in [7, 11) is 0. The number of ether oxygens (including phenoxy) is 2. The fourth-order valence-corrected chi connectivity index (χ4v) is 6.74. The predicted molar refractivity (Wildman–Crippen MR) is 116 cm³/mol. The number of hydrogen-bond donors (Lipinski definition) is 2. The van der Waals surface area contributed by atoms with E-state index in [2.05, 4.69) is 4.98 Å². The van der Waals surface area contributed by atoms with Crippen LogP contribution in [0, 0.1) is 5.41 Å². The van der Waals surface area contributed by atoms with E-state index in [1.54, 1.807) is 0 Å². The summed E-state index contributed by atoms with van der Waals surface area (Å²) in [6, 6.07) is 4.25. The van der Waals surface area contributed by atoms with Crippen molar-refractivity contribution in [3.8, 4) is 0 Å². The first-order chi connectivity index (χ1) is 16.1. The van der Waals surface area contributed by atoms with Gasteiger partial charge in [0, 0.05) is 48.4 Å². The van der Waals surface area contributed by atoms with Gasteiger partial charge in [0.15, 0.2) is 0 Å². The number of pyridine rings is 1. The van der Waals surface area contributed by atoms with Gasteiger partial charge in [0.25, 0.3) is 0 Å². The van der Waals surface area contributed by atoms with E-state index in [0.29, 0.717) is 50.0 Å². The first kappa shape index (κ1) is 22.7. The number of aliphatic hydroxyl groups is 2. The highest BCUT2D eigenvalue weighted by molar-refractivity contribution is 6.30. The van der Waals surface area contributed by atoms with Crippen molar-refractivity contribution in [2.24, 2.45) is 5.41 Å². The van der Waals surface area contributed by atoms with Gasteiger partial charge in [-0.15, -0.1) is 0 Å². The van der Waals surface area contributed by atoms with E-state index < -0.39 is 29.2 Å². The molecular weight excluding hydrogens is 471 g/mol. The maximum Gasteiger partial charge on any atom is 0.416 e. The van der Waals surface area contributed by atoms with Crippen LogP contribution in [0.4, 0.5) is 13.2 Å². The van der Waals surface area contributed by atoms with Gasteiger partial charge in [-0.2, -0.15) is 13.2 Å². The van der Waals surface area contributed by atoms with Crippen molar-refractivity contribution in [1.82, 2.24) is 4.98 Å². The molecule has 1 aromatic heterocycles. The number of hydrogen-bond acceptors (Lipinski definition) is 5. The molecule has 1 aromatic carbocycles. The van der Waals surface area contributed by atoms with Gasteiger partial charge in [0.05, 0.1) is 17.2 Å². The molecule has 34 heavy (non-hydrogen) atoms. The Morgan fingerprint density at radius 1 is 1.03 bits per heavy atom. The van der Waals surface area contributed by atoms with Gasteiger partial charge in [-0.25, -0.2) is 4.98 Å². The largest absolute Gasteiger partial charge is 0.416 e. The number of halogens is 4. The van der Waals surface area contributed by atoms with Crippen LogP contribution in [0.1, 0.15) is 78.1 Å². The van der Waals surface area contributed by atoms with E-state index in [-0.39, 0.29) is 21.7 Å². The number of fused-ring (bicyclic) bond motifs is 4. The van der Waals surface area contributed by atoms with Crippen LogP contribution in [0.5, 0.6) is 0 Å². The van der Waals surface area contributed by atoms with Crippen LogP contribution < -0.4 is 0 Å². The molecule has 9 heteroatoms. The van der Waals surface area contributed by atoms with Gasteiger partial charge < -0.3 is 19.7 Å². The van der Waals surface area contributed by atoms with Crippen LogP contribution >= 0.6 is 11.6 Å². The second-order valence-corrected chi connectivity index (χ2v) is 10.5. The maximum absolute atomic E-state index is 13.1. The van der Waals surface area contributed by atoms with Crippen molar-refractivity contribution < 1.29 is 32.9 Å². The number of alkyl halides is 3. The van der Waals surface area contributed by atoms with Crippen LogP contribution in [0.3, 0.4) is 0 Å². The fourth-order valence-electron chi connectivity index (χ4n) is 6.42.